The molecule has 0 radical (unpaired) electrons. The van der Waals surface area contributed by atoms with Crippen molar-refractivity contribution in [2.45, 2.75) is 57.7 Å². The molecule has 3 rings (SSSR count). The van der Waals surface area contributed by atoms with Crippen LogP contribution < -0.4 is 21.9 Å². The number of fused-ring (bicyclic) bond motifs is 1. The van der Waals surface area contributed by atoms with Crippen LogP contribution in [0.3, 0.4) is 0 Å². The maximum absolute atomic E-state index is 13.2. The normalized spacial score (nSPS) is 11.2. The molecule has 32 heavy (non-hydrogen) atoms. The average molecular weight is 459 g/mol. The Bertz CT molecular complexity index is 1150. The molecule has 1 amide bonds. The van der Waals surface area contributed by atoms with Gasteiger partial charge in [0, 0.05) is 13.1 Å². The topological polar surface area (TPSA) is 130 Å². The van der Waals surface area contributed by atoms with Gasteiger partial charge in [0.15, 0.2) is 10.8 Å². The summed E-state index contributed by atoms with van der Waals surface area (Å²) in [7, 11) is 0. The quantitative estimate of drug-likeness (QED) is 0.299. The summed E-state index contributed by atoms with van der Waals surface area (Å²) < 4.78 is 1.34. The van der Waals surface area contributed by atoms with E-state index in [9.17, 15) is 14.4 Å². The first-order chi connectivity index (χ1) is 15.5. The van der Waals surface area contributed by atoms with E-state index in [0.29, 0.717) is 18.2 Å². The molecule has 0 aliphatic heterocycles. The number of thioether (sulfide) groups is 1. The highest BCUT2D eigenvalue weighted by Crippen LogP contribution is 2.23. The largest absolute Gasteiger partial charge is 0.383 e. The van der Waals surface area contributed by atoms with Crippen LogP contribution in [0.4, 0.5) is 11.5 Å². The summed E-state index contributed by atoms with van der Waals surface area (Å²) in [5.74, 6) is -0.144. The first-order valence-electron chi connectivity index (χ1n) is 11.0. The molecular weight excluding hydrogens is 428 g/mol. The van der Waals surface area contributed by atoms with Crippen LogP contribution in [0.1, 0.15) is 46.0 Å². The summed E-state index contributed by atoms with van der Waals surface area (Å²) in [4.78, 5) is 49.6. The van der Waals surface area contributed by atoms with Gasteiger partial charge in [-0.1, -0.05) is 57.0 Å². The van der Waals surface area contributed by atoms with Crippen LogP contribution in [0.2, 0.25) is 0 Å². The van der Waals surface area contributed by atoms with Crippen molar-refractivity contribution in [3.05, 3.63) is 45.1 Å². The molecule has 0 saturated carbocycles. The minimum Gasteiger partial charge on any atom is -0.383 e. The molecule has 0 atom stereocenters. The van der Waals surface area contributed by atoms with Crippen molar-refractivity contribution in [3.8, 4) is 0 Å². The number of unbranched alkanes of at least 4 members (excludes halogenated alkanes) is 3. The smallest absolute Gasteiger partial charge is 0.330 e. The fourth-order valence-corrected chi connectivity index (χ4v) is 4.22. The maximum Gasteiger partial charge on any atom is 0.330 e. The molecule has 0 saturated heterocycles. The fraction of sp³-hybridized carbons (Fsp3) is 0.455. The van der Waals surface area contributed by atoms with Gasteiger partial charge in [-0.2, -0.15) is 0 Å². The molecule has 2 aromatic heterocycles. The van der Waals surface area contributed by atoms with Crippen molar-refractivity contribution < 1.29 is 4.79 Å². The molecule has 2 heterocycles. The molecule has 0 aliphatic carbocycles. The van der Waals surface area contributed by atoms with Crippen molar-refractivity contribution in [2.24, 2.45) is 0 Å². The van der Waals surface area contributed by atoms with Crippen molar-refractivity contribution in [1.29, 1.82) is 0 Å². The van der Waals surface area contributed by atoms with E-state index in [2.05, 4.69) is 21.9 Å². The number of benzene rings is 1. The Kier molecular flexibility index (Phi) is 8.15. The van der Waals surface area contributed by atoms with Gasteiger partial charge in [-0.3, -0.25) is 19.1 Å². The second-order valence-electron chi connectivity index (χ2n) is 7.60. The lowest BCUT2D eigenvalue weighted by Crippen LogP contribution is -2.42. The third-order valence-electron chi connectivity index (χ3n) is 5.21. The Labute approximate surface area is 190 Å². The molecule has 9 nitrogen and oxygen atoms in total. The number of nitrogens with two attached hydrogens (primary N) is 1. The summed E-state index contributed by atoms with van der Waals surface area (Å²) >= 11 is 1.27. The van der Waals surface area contributed by atoms with E-state index >= 15 is 0 Å². The molecule has 4 N–H and O–H groups in total. The summed E-state index contributed by atoms with van der Waals surface area (Å²) in [5, 5.41) is 0.628. The lowest BCUT2D eigenvalue weighted by Gasteiger charge is -2.24. The Morgan fingerprint density at radius 1 is 1.12 bits per heavy atom. The number of anilines is 2. The number of nitrogens with zero attached hydrogens (tertiary/aromatic N) is 3. The molecule has 10 heteroatoms. The van der Waals surface area contributed by atoms with E-state index in [4.69, 9.17) is 5.73 Å². The van der Waals surface area contributed by atoms with Gasteiger partial charge in [0.1, 0.15) is 5.82 Å². The van der Waals surface area contributed by atoms with E-state index in [1.807, 2.05) is 31.2 Å². The summed E-state index contributed by atoms with van der Waals surface area (Å²) in [6, 6.07) is 7.64. The zero-order valence-electron chi connectivity index (χ0n) is 18.5. The highest BCUT2D eigenvalue weighted by Gasteiger charge is 2.24. The van der Waals surface area contributed by atoms with Crippen molar-refractivity contribution in [2.75, 3.05) is 22.9 Å². The van der Waals surface area contributed by atoms with Crippen LogP contribution in [-0.4, -0.2) is 37.7 Å². The predicted molar refractivity (Wildman–Crippen MR) is 129 cm³/mol. The summed E-state index contributed by atoms with van der Waals surface area (Å²) in [5.41, 5.74) is 6.82. The van der Waals surface area contributed by atoms with Crippen molar-refractivity contribution >= 4 is 40.2 Å². The standard InChI is InChI=1S/C22H30N6O3S/c1-3-5-9-13-27(18-19(23)28(12-6-4-2)22(31)26-20(18)30)17(29)14-32-21-24-15-10-7-8-11-16(15)25-21/h7-8,10-11H,3-6,9,12-14,23H2,1-2H3,(H,24,25)(H,26,30,31). The number of hydrogen-bond acceptors (Lipinski definition) is 6. The molecule has 1 aromatic carbocycles. The highest BCUT2D eigenvalue weighted by molar-refractivity contribution is 7.99. The van der Waals surface area contributed by atoms with Crippen LogP contribution >= 0.6 is 11.8 Å². The number of hydrogen-bond donors (Lipinski definition) is 3. The number of rotatable bonds is 11. The molecule has 0 spiro atoms. The Morgan fingerprint density at radius 2 is 1.88 bits per heavy atom. The van der Waals surface area contributed by atoms with E-state index in [-0.39, 0.29) is 23.2 Å². The number of nitrogen functional groups attached to an aromatic ring is 1. The van der Waals surface area contributed by atoms with Gasteiger partial charge in [-0.15, -0.1) is 0 Å². The van der Waals surface area contributed by atoms with E-state index < -0.39 is 11.2 Å². The zero-order valence-corrected chi connectivity index (χ0v) is 19.3. The molecule has 172 valence electrons. The number of imidazole rings is 1. The lowest BCUT2D eigenvalue weighted by atomic mass is 10.2. The molecule has 0 fully saturated rings. The minimum absolute atomic E-state index is 0.0331. The first kappa shape index (κ1) is 23.6. The number of para-hydroxylation sites is 2. The van der Waals surface area contributed by atoms with E-state index in [1.54, 1.807) is 0 Å². The minimum atomic E-state index is -0.640. The van der Waals surface area contributed by atoms with Crippen molar-refractivity contribution in [1.82, 2.24) is 19.5 Å². The molecular formula is C22H30N6O3S. The molecule has 0 aliphatic rings. The maximum atomic E-state index is 13.2. The number of carbonyl (C=O) groups excluding carboxylic acids is 1. The van der Waals surface area contributed by atoms with Crippen LogP contribution in [0.15, 0.2) is 39.0 Å². The molecule has 0 bridgehead atoms. The third kappa shape index (κ3) is 5.42. The number of nitrogens with one attached hydrogen (secondary N) is 2. The number of aromatic nitrogens is 4. The fourth-order valence-electron chi connectivity index (χ4n) is 3.46. The van der Waals surface area contributed by atoms with Gasteiger partial charge in [0.25, 0.3) is 5.56 Å². The van der Waals surface area contributed by atoms with Crippen molar-refractivity contribution in [3.63, 3.8) is 0 Å². The highest BCUT2D eigenvalue weighted by atomic mass is 32.2. The SMILES string of the molecule is CCCCCN(C(=O)CSc1nc2ccccc2[nH]1)c1c(N)n(CCCC)c(=O)[nH]c1=O. The lowest BCUT2D eigenvalue weighted by molar-refractivity contribution is -0.116. The second kappa shape index (κ2) is 11.0. The number of H-pyrrole nitrogens is 2. The third-order valence-corrected chi connectivity index (χ3v) is 6.06. The second-order valence-corrected chi connectivity index (χ2v) is 8.56. The number of amides is 1. The Morgan fingerprint density at radius 3 is 2.59 bits per heavy atom. The molecule has 0 unspecified atom stereocenters. The van der Waals surface area contributed by atoms with E-state index in [0.717, 1.165) is 43.1 Å². The Hall–Kier alpha value is -3.01. The average Bonchev–Trinajstić information content (AvgIpc) is 3.19. The van der Waals surface area contributed by atoms with Gasteiger partial charge >= 0.3 is 5.69 Å². The van der Waals surface area contributed by atoms with E-state index in [1.165, 1.54) is 21.2 Å². The first-order valence-corrected chi connectivity index (χ1v) is 11.9. The van der Waals surface area contributed by atoms with Gasteiger partial charge < -0.3 is 15.6 Å². The molecule has 3 aromatic rings. The van der Waals surface area contributed by atoms with Crippen LogP contribution in [0.5, 0.6) is 0 Å². The monoisotopic (exact) mass is 458 g/mol. The summed E-state index contributed by atoms with van der Waals surface area (Å²) in [6.45, 7) is 4.81. The summed E-state index contributed by atoms with van der Waals surface area (Å²) in [6.07, 6.45) is 4.21. The van der Waals surface area contributed by atoms with Gasteiger partial charge in [-0.25, -0.2) is 9.78 Å². The number of aromatic amines is 2. The van der Waals surface area contributed by atoms with Gasteiger partial charge in [-0.05, 0) is 25.0 Å². The van der Waals surface area contributed by atoms with Crippen LogP contribution in [0, 0.1) is 0 Å². The predicted octanol–water partition coefficient (Wildman–Crippen LogP) is 3.11. The Balaban J connectivity index is 1.87. The zero-order chi connectivity index (χ0) is 23.1. The van der Waals surface area contributed by atoms with Gasteiger partial charge in [0.05, 0.1) is 16.8 Å². The van der Waals surface area contributed by atoms with Crippen LogP contribution in [-0.2, 0) is 11.3 Å². The number of carbonyl (C=O) groups is 1. The van der Waals surface area contributed by atoms with Gasteiger partial charge in [0.2, 0.25) is 5.91 Å². The van der Waals surface area contributed by atoms with Crippen LogP contribution in [0.25, 0.3) is 11.0 Å².